The molecule has 0 atom stereocenters. The van der Waals surface area contributed by atoms with Gasteiger partial charge in [0, 0.05) is 36.9 Å². The van der Waals surface area contributed by atoms with Crippen molar-refractivity contribution < 1.29 is 4.79 Å². The van der Waals surface area contributed by atoms with Gasteiger partial charge in [-0.15, -0.1) is 11.3 Å². The van der Waals surface area contributed by atoms with Gasteiger partial charge in [-0.25, -0.2) is 0 Å². The average Bonchev–Trinajstić information content (AvgIpc) is 3.32. The van der Waals surface area contributed by atoms with Crippen LogP contribution in [0, 0.1) is 0 Å². The van der Waals surface area contributed by atoms with Gasteiger partial charge in [0.25, 0.3) is 0 Å². The zero-order valence-electron chi connectivity index (χ0n) is 14.6. The Morgan fingerprint density at radius 2 is 2.08 bits per heavy atom. The van der Waals surface area contributed by atoms with Crippen LogP contribution in [0.3, 0.4) is 0 Å². The minimum absolute atomic E-state index is 0.0811. The van der Waals surface area contributed by atoms with Gasteiger partial charge in [0.05, 0.1) is 13.1 Å². The zero-order chi connectivity index (χ0) is 17.8. The van der Waals surface area contributed by atoms with E-state index >= 15 is 0 Å². The van der Waals surface area contributed by atoms with E-state index in [-0.39, 0.29) is 5.91 Å². The maximum atomic E-state index is 12.4. The molecular formula is C20H22N4OS. The van der Waals surface area contributed by atoms with Crippen molar-refractivity contribution in [2.45, 2.75) is 26.1 Å². The fraction of sp³-hybridized carbons (Fsp3) is 0.300. The van der Waals surface area contributed by atoms with Crippen LogP contribution in [0.5, 0.6) is 0 Å². The summed E-state index contributed by atoms with van der Waals surface area (Å²) in [6.07, 6.45) is 4.78. The zero-order valence-corrected chi connectivity index (χ0v) is 15.4. The number of benzene rings is 1. The first-order valence-electron chi connectivity index (χ1n) is 8.86. The van der Waals surface area contributed by atoms with Gasteiger partial charge in [-0.3, -0.25) is 14.4 Å². The van der Waals surface area contributed by atoms with Gasteiger partial charge in [0.15, 0.2) is 0 Å². The second-order valence-corrected chi connectivity index (χ2v) is 7.58. The summed E-state index contributed by atoms with van der Waals surface area (Å²) in [6, 6.07) is 12.3. The molecule has 0 aliphatic carbocycles. The van der Waals surface area contributed by atoms with E-state index in [0.717, 1.165) is 25.1 Å². The molecule has 5 nitrogen and oxygen atoms in total. The number of fused-ring (bicyclic) bond motifs is 1. The molecule has 1 aliphatic rings. The fourth-order valence-electron chi connectivity index (χ4n) is 3.35. The van der Waals surface area contributed by atoms with Crippen molar-refractivity contribution in [3.05, 3.63) is 75.7 Å². The third-order valence-electron chi connectivity index (χ3n) is 4.74. The second-order valence-electron chi connectivity index (χ2n) is 6.58. The monoisotopic (exact) mass is 366 g/mol. The molecule has 0 radical (unpaired) electrons. The number of nitrogens with one attached hydrogen (secondary N) is 1. The SMILES string of the molecule is O=C(CN1CCc2sccc2C1)NCc1ccccc1Cn1cccn1. The topological polar surface area (TPSA) is 50.2 Å². The average molecular weight is 366 g/mol. The van der Waals surface area contributed by atoms with Crippen molar-refractivity contribution >= 4 is 17.2 Å². The van der Waals surface area contributed by atoms with Crippen molar-refractivity contribution in [1.82, 2.24) is 20.0 Å². The van der Waals surface area contributed by atoms with Crippen LogP contribution in [0.2, 0.25) is 0 Å². The predicted molar refractivity (Wildman–Crippen MR) is 103 cm³/mol. The summed E-state index contributed by atoms with van der Waals surface area (Å²) in [5, 5.41) is 9.48. The molecular weight excluding hydrogens is 344 g/mol. The Morgan fingerprint density at radius 3 is 2.92 bits per heavy atom. The maximum absolute atomic E-state index is 12.4. The van der Waals surface area contributed by atoms with Crippen LogP contribution in [0.25, 0.3) is 0 Å². The van der Waals surface area contributed by atoms with Gasteiger partial charge >= 0.3 is 0 Å². The van der Waals surface area contributed by atoms with Gasteiger partial charge < -0.3 is 5.32 Å². The van der Waals surface area contributed by atoms with Crippen LogP contribution in [-0.4, -0.2) is 33.7 Å². The molecule has 6 heteroatoms. The minimum Gasteiger partial charge on any atom is -0.351 e. The molecule has 1 N–H and O–H groups in total. The number of aromatic nitrogens is 2. The van der Waals surface area contributed by atoms with Gasteiger partial charge in [0.2, 0.25) is 5.91 Å². The molecule has 3 aromatic rings. The lowest BCUT2D eigenvalue weighted by Crippen LogP contribution is -2.39. The highest BCUT2D eigenvalue weighted by molar-refractivity contribution is 7.10. The summed E-state index contributed by atoms with van der Waals surface area (Å²) in [6.45, 7) is 3.55. The highest BCUT2D eigenvalue weighted by atomic mass is 32.1. The molecule has 134 valence electrons. The maximum Gasteiger partial charge on any atom is 0.234 e. The first-order valence-corrected chi connectivity index (χ1v) is 9.74. The highest BCUT2D eigenvalue weighted by Gasteiger charge is 2.19. The van der Waals surface area contributed by atoms with Crippen LogP contribution >= 0.6 is 11.3 Å². The van der Waals surface area contributed by atoms with E-state index in [1.165, 1.54) is 16.0 Å². The van der Waals surface area contributed by atoms with Crippen molar-refractivity contribution in [2.75, 3.05) is 13.1 Å². The van der Waals surface area contributed by atoms with E-state index in [1.807, 2.05) is 40.4 Å². The number of amides is 1. The normalized spacial score (nSPS) is 14.2. The lowest BCUT2D eigenvalue weighted by atomic mass is 10.1. The van der Waals surface area contributed by atoms with E-state index in [1.54, 1.807) is 6.20 Å². The summed E-state index contributed by atoms with van der Waals surface area (Å²) in [7, 11) is 0. The van der Waals surface area contributed by atoms with Crippen molar-refractivity contribution in [3.63, 3.8) is 0 Å². The highest BCUT2D eigenvalue weighted by Crippen LogP contribution is 2.23. The minimum atomic E-state index is 0.0811. The third kappa shape index (κ3) is 4.03. The Morgan fingerprint density at radius 1 is 1.19 bits per heavy atom. The molecule has 26 heavy (non-hydrogen) atoms. The fourth-order valence-corrected chi connectivity index (χ4v) is 4.24. The van der Waals surface area contributed by atoms with E-state index in [9.17, 15) is 4.79 Å². The Kier molecular flexibility index (Phi) is 5.13. The predicted octanol–water partition coefficient (Wildman–Crippen LogP) is 2.67. The molecule has 1 aromatic carbocycles. The summed E-state index contributed by atoms with van der Waals surface area (Å²) in [4.78, 5) is 16.1. The number of hydrogen-bond donors (Lipinski definition) is 1. The van der Waals surface area contributed by atoms with E-state index in [0.29, 0.717) is 19.6 Å². The smallest absolute Gasteiger partial charge is 0.234 e. The first-order chi connectivity index (χ1) is 12.8. The standard InChI is InChI=1S/C20H22N4OS/c25-20(15-23-10-6-19-18(13-23)7-11-26-19)21-12-16-4-1-2-5-17(16)14-24-9-3-8-22-24/h1-5,7-9,11H,6,10,12-15H2,(H,21,25). The van der Waals surface area contributed by atoms with Crippen LogP contribution < -0.4 is 5.32 Å². The van der Waals surface area contributed by atoms with Crippen molar-refractivity contribution in [2.24, 2.45) is 0 Å². The third-order valence-corrected chi connectivity index (χ3v) is 5.76. The lowest BCUT2D eigenvalue weighted by molar-refractivity contribution is -0.122. The van der Waals surface area contributed by atoms with Gasteiger partial charge in [-0.1, -0.05) is 24.3 Å². The number of thiophene rings is 1. The van der Waals surface area contributed by atoms with Gasteiger partial charge in [0.1, 0.15) is 0 Å². The Balaban J connectivity index is 1.32. The molecule has 2 aromatic heterocycles. The number of hydrogen-bond acceptors (Lipinski definition) is 4. The van der Waals surface area contributed by atoms with E-state index in [2.05, 4.69) is 38.9 Å². The Bertz CT molecular complexity index is 872. The number of carbonyl (C=O) groups is 1. The molecule has 0 bridgehead atoms. The second kappa shape index (κ2) is 7.85. The molecule has 3 heterocycles. The van der Waals surface area contributed by atoms with Crippen molar-refractivity contribution in [1.29, 1.82) is 0 Å². The lowest BCUT2D eigenvalue weighted by Gasteiger charge is -2.26. The van der Waals surface area contributed by atoms with Gasteiger partial charge in [-0.05, 0) is 40.6 Å². The number of nitrogens with zero attached hydrogens (tertiary/aromatic N) is 3. The van der Waals surface area contributed by atoms with Crippen LogP contribution in [0.15, 0.2) is 54.2 Å². The van der Waals surface area contributed by atoms with E-state index < -0.39 is 0 Å². The van der Waals surface area contributed by atoms with E-state index in [4.69, 9.17) is 0 Å². The molecule has 4 rings (SSSR count). The largest absolute Gasteiger partial charge is 0.351 e. The first kappa shape index (κ1) is 17.0. The molecule has 1 aliphatic heterocycles. The molecule has 0 saturated carbocycles. The summed E-state index contributed by atoms with van der Waals surface area (Å²) >= 11 is 1.82. The van der Waals surface area contributed by atoms with Gasteiger partial charge in [-0.2, -0.15) is 5.10 Å². The summed E-state index contributed by atoms with van der Waals surface area (Å²) in [5.41, 5.74) is 3.69. The molecule has 0 saturated heterocycles. The van der Waals surface area contributed by atoms with Crippen LogP contribution in [0.4, 0.5) is 0 Å². The quantitative estimate of drug-likeness (QED) is 0.730. The molecule has 0 spiro atoms. The molecule has 0 fully saturated rings. The number of carbonyl (C=O) groups excluding carboxylic acids is 1. The van der Waals surface area contributed by atoms with Crippen LogP contribution in [0.1, 0.15) is 21.6 Å². The Hall–Kier alpha value is -2.44. The summed E-state index contributed by atoms with van der Waals surface area (Å²) < 4.78 is 1.90. The number of rotatable bonds is 6. The molecule has 1 amide bonds. The summed E-state index contributed by atoms with van der Waals surface area (Å²) in [5.74, 6) is 0.0811. The van der Waals surface area contributed by atoms with Crippen LogP contribution in [-0.2, 0) is 30.8 Å². The Labute approximate surface area is 157 Å². The van der Waals surface area contributed by atoms with Crippen molar-refractivity contribution in [3.8, 4) is 0 Å². The molecule has 0 unspecified atom stereocenters.